The third kappa shape index (κ3) is 2.93. The lowest BCUT2D eigenvalue weighted by atomic mass is 9.87. The Morgan fingerprint density at radius 3 is 2.56 bits per heavy atom. The molecule has 1 unspecified atom stereocenters. The first-order valence-electron chi connectivity index (χ1n) is 8.17. The number of carbonyl (C=O) groups excluding carboxylic acids is 1. The summed E-state index contributed by atoms with van der Waals surface area (Å²) in [6.45, 7) is 5.58. The van der Waals surface area contributed by atoms with Crippen LogP contribution < -0.4 is 10.2 Å². The van der Waals surface area contributed by atoms with E-state index >= 15 is 0 Å². The van der Waals surface area contributed by atoms with E-state index in [4.69, 9.17) is 10.9 Å². The molecular formula is C17H25N4O4+. The predicted molar refractivity (Wildman–Crippen MR) is 94.6 cm³/mol. The second-order valence-corrected chi connectivity index (χ2v) is 6.52. The maximum Gasteiger partial charge on any atom is 0.407 e. The Labute approximate surface area is 146 Å². The van der Waals surface area contributed by atoms with Gasteiger partial charge in [-0.05, 0) is 26.0 Å². The van der Waals surface area contributed by atoms with Crippen molar-refractivity contribution in [3.63, 3.8) is 0 Å². The van der Waals surface area contributed by atoms with Gasteiger partial charge in [0.25, 0.3) is 0 Å². The van der Waals surface area contributed by atoms with E-state index < -0.39 is 12.1 Å². The summed E-state index contributed by atoms with van der Waals surface area (Å²) in [7, 11) is 1.84. The normalized spacial score (nSPS) is 26.0. The highest BCUT2D eigenvalue weighted by Crippen LogP contribution is 2.44. The molecule has 0 bridgehead atoms. The number of hydrogen-bond acceptors (Lipinski definition) is 4. The highest BCUT2D eigenvalue weighted by molar-refractivity contribution is 5.98. The Morgan fingerprint density at radius 2 is 2.08 bits per heavy atom. The van der Waals surface area contributed by atoms with Gasteiger partial charge in [-0.15, -0.1) is 0 Å². The first kappa shape index (κ1) is 18.7. The Hall–Kier alpha value is -2.61. The molecule has 1 heterocycles. The van der Waals surface area contributed by atoms with Crippen molar-refractivity contribution in [2.75, 3.05) is 13.6 Å². The Morgan fingerprint density at radius 1 is 1.44 bits per heavy atom. The number of oxime groups is 1. The van der Waals surface area contributed by atoms with E-state index in [9.17, 15) is 14.7 Å². The molecule has 25 heavy (non-hydrogen) atoms. The average molecular weight is 349 g/mol. The molecule has 136 valence electrons. The van der Waals surface area contributed by atoms with Crippen molar-refractivity contribution in [1.29, 1.82) is 0 Å². The van der Waals surface area contributed by atoms with Gasteiger partial charge in [-0.3, -0.25) is 0 Å². The summed E-state index contributed by atoms with van der Waals surface area (Å²) >= 11 is 0. The van der Waals surface area contributed by atoms with Crippen molar-refractivity contribution in [2.24, 2.45) is 10.9 Å². The van der Waals surface area contributed by atoms with Gasteiger partial charge in [0.05, 0.1) is 26.1 Å². The van der Waals surface area contributed by atoms with Crippen LogP contribution in [0.3, 0.4) is 0 Å². The van der Waals surface area contributed by atoms with Crippen LogP contribution in [0, 0.1) is 0 Å². The minimum Gasteiger partial charge on any atom is -0.465 e. The molecular weight excluding hydrogens is 324 g/mol. The van der Waals surface area contributed by atoms with Gasteiger partial charge in [0.1, 0.15) is 5.69 Å². The molecule has 2 rings (SSSR count). The predicted octanol–water partition coefficient (Wildman–Crippen LogP) is 2.10. The Bertz CT molecular complexity index is 733. The van der Waals surface area contributed by atoms with E-state index in [0.29, 0.717) is 24.1 Å². The van der Waals surface area contributed by atoms with Gasteiger partial charge in [-0.1, -0.05) is 5.16 Å². The molecule has 0 spiro atoms. The number of nitrogens with zero attached hydrogens (tertiary/aromatic N) is 3. The minimum absolute atomic E-state index is 0.0258. The van der Waals surface area contributed by atoms with Crippen LogP contribution in [-0.2, 0) is 4.79 Å². The first-order valence-corrected chi connectivity index (χ1v) is 8.17. The monoisotopic (exact) mass is 349 g/mol. The van der Waals surface area contributed by atoms with Crippen LogP contribution in [0.5, 0.6) is 0 Å². The zero-order chi connectivity index (χ0) is 18.9. The fourth-order valence-corrected chi connectivity index (χ4v) is 3.62. The van der Waals surface area contributed by atoms with Crippen LogP contribution in [0.2, 0.25) is 0 Å². The van der Waals surface area contributed by atoms with Crippen LogP contribution in [0.1, 0.15) is 44.4 Å². The van der Waals surface area contributed by atoms with Crippen LogP contribution >= 0.6 is 0 Å². The molecule has 0 radical (unpaired) electrons. The molecule has 0 aromatic heterocycles. The number of rotatable bonds is 3. The molecule has 8 heteroatoms. The van der Waals surface area contributed by atoms with Gasteiger partial charge in [0.15, 0.2) is 5.84 Å². The van der Waals surface area contributed by atoms with Gasteiger partial charge < -0.3 is 20.9 Å². The molecule has 8 nitrogen and oxygen atoms in total. The van der Waals surface area contributed by atoms with Crippen molar-refractivity contribution >= 4 is 23.5 Å². The molecule has 0 saturated carbocycles. The summed E-state index contributed by atoms with van der Waals surface area (Å²) in [6.07, 6.45) is -0.512. The van der Waals surface area contributed by atoms with Crippen molar-refractivity contribution in [3.8, 4) is 0 Å². The van der Waals surface area contributed by atoms with Crippen molar-refractivity contribution in [2.45, 2.75) is 39.3 Å². The first-order chi connectivity index (χ1) is 11.7. The van der Waals surface area contributed by atoms with Gasteiger partial charge in [-0.25, -0.2) is 14.1 Å². The zero-order valence-electron chi connectivity index (χ0n) is 14.9. The Balaban J connectivity index is 2.73. The summed E-state index contributed by atoms with van der Waals surface area (Å²) in [5.41, 5.74) is 7.63. The number of amides is 2. The average Bonchev–Trinajstić information content (AvgIpc) is 2.58. The van der Waals surface area contributed by atoms with E-state index in [2.05, 4.69) is 5.16 Å². The molecule has 1 aromatic rings. The topological polar surface area (TPSA) is 116 Å². The number of carbonyl (C=O) groups is 2. The highest BCUT2D eigenvalue weighted by atomic mass is 16.4. The lowest BCUT2D eigenvalue weighted by molar-refractivity contribution is -0.129. The standard InChI is InChI=1S/C17H24N4O4/c1-5-20(17(23)24)14-8-10(2)21(4,11(3)22)15-7-6-12(9-13(14)15)16(18)19-25/h6-7,9-10,14H,5,8H2,1-4H3,(H3-,18,19,23,24,25)/p+1/t10-,14+,21?/m0/s1. The molecule has 2 amide bonds. The molecule has 0 fully saturated rings. The van der Waals surface area contributed by atoms with Crippen LogP contribution in [-0.4, -0.2) is 52.7 Å². The van der Waals surface area contributed by atoms with Gasteiger partial charge in [0, 0.05) is 30.2 Å². The molecule has 0 saturated heterocycles. The summed E-state index contributed by atoms with van der Waals surface area (Å²) < 4.78 is 0.0828. The van der Waals surface area contributed by atoms with Crippen molar-refractivity contribution in [3.05, 3.63) is 29.3 Å². The third-order valence-electron chi connectivity index (χ3n) is 5.35. The van der Waals surface area contributed by atoms with Gasteiger partial charge >= 0.3 is 12.0 Å². The lowest BCUT2D eigenvalue weighted by Crippen LogP contribution is -2.60. The zero-order valence-corrected chi connectivity index (χ0v) is 14.9. The number of amidine groups is 1. The van der Waals surface area contributed by atoms with Crippen LogP contribution in [0.4, 0.5) is 10.5 Å². The number of quaternary nitrogens is 1. The minimum atomic E-state index is -1.02. The number of nitrogens with two attached hydrogens (primary N) is 1. The fourth-order valence-electron chi connectivity index (χ4n) is 3.62. The second kappa shape index (κ2) is 6.72. The van der Waals surface area contributed by atoms with E-state index in [-0.39, 0.29) is 22.3 Å². The molecule has 3 atom stereocenters. The largest absolute Gasteiger partial charge is 0.465 e. The van der Waals surface area contributed by atoms with E-state index in [1.165, 1.54) is 11.8 Å². The van der Waals surface area contributed by atoms with Crippen LogP contribution in [0.15, 0.2) is 23.4 Å². The van der Waals surface area contributed by atoms with Crippen molar-refractivity contribution in [1.82, 2.24) is 9.38 Å². The van der Waals surface area contributed by atoms with E-state index in [1.54, 1.807) is 25.1 Å². The summed E-state index contributed by atoms with van der Waals surface area (Å²) in [6, 6.07) is 4.68. The molecule has 1 aromatic carbocycles. The number of carboxylic acid groups (broad SMARTS) is 1. The summed E-state index contributed by atoms with van der Waals surface area (Å²) in [5.74, 6) is -0.0855. The molecule has 0 aliphatic carbocycles. The van der Waals surface area contributed by atoms with Gasteiger partial charge in [0.2, 0.25) is 0 Å². The fraction of sp³-hybridized carbons (Fsp3) is 0.471. The number of benzene rings is 1. The molecule has 1 aliphatic heterocycles. The summed E-state index contributed by atoms with van der Waals surface area (Å²) in [4.78, 5) is 25.4. The van der Waals surface area contributed by atoms with Crippen molar-refractivity contribution < 1.29 is 19.9 Å². The van der Waals surface area contributed by atoms with E-state index in [1.807, 2.05) is 14.0 Å². The maximum atomic E-state index is 12.4. The Kier molecular flexibility index (Phi) is 5.03. The van der Waals surface area contributed by atoms with E-state index in [0.717, 1.165) is 5.69 Å². The number of fused-ring (bicyclic) bond motifs is 1. The van der Waals surface area contributed by atoms with Gasteiger partial charge in [-0.2, -0.15) is 0 Å². The van der Waals surface area contributed by atoms with Crippen LogP contribution in [0.25, 0.3) is 0 Å². The highest BCUT2D eigenvalue weighted by Gasteiger charge is 2.47. The smallest absolute Gasteiger partial charge is 0.407 e. The number of hydrogen-bond donors (Lipinski definition) is 3. The SMILES string of the molecule is CCN(C(=O)O)[C@@H]1C[C@H](C)[N+](C)(C(C)=O)c2ccc(C(N)=NO)cc21. The lowest BCUT2D eigenvalue weighted by Gasteiger charge is -2.45. The molecule has 4 N–H and O–H groups in total. The third-order valence-corrected chi connectivity index (χ3v) is 5.35. The maximum absolute atomic E-state index is 12.4. The summed E-state index contributed by atoms with van der Waals surface area (Å²) in [5, 5.41) is 21.5. The quantitative estimate of drug-likeness (QED) is 0.254. The second-order valence-electron chi connectivity index (χ2n) is 6.52. The molecule has 1 aliphatic rings.